The summed E-state index contributed by atoms with van der Waals surface area (Å²) in [5.74, 6) is 0.0219. The highest BCUT2D eigenvalue weighted by atomic mass is 16.1. The minimum Gasteiger partial charge on any atom is -0.384 e. The first kappa shape index (κ1) is 12.7. The second-order valence-electron chi connectivity index (χ2n) is 4.92. The van der Waals surface area contributed by atoms with Crippen molar-refractivity contribution < 1.29 is 4.79 Å². The largest absolute Gasteiger partial charge is 0.384 e. The summed E-state index contributed by atoms with van der Waals surface area (Å²) in [7, 11) is 0. The van der Waals surface area contributed by atoms with Crippen molar-refractivity contribution in [2.45, 2.75) is 19.3 Å². The van der Waals surface area contributed by atoms with Crippen LogP contribution < -0.4 is 10.6 Å². The van der Waals surface area contributed by atoms with E-state index in [-0.39, 0.29) is 5.91 Å². The molecule has 2 heterocycles. The van der Waals surface area contributed by atoms with Gasteiger partial charge in [0.2, 0.25) is 5.91 Å². The summed E-state index contributed by atoms with van der Waals surface area (Å²) in [5, 5.41) is 6.25. The second-order valence-corrected chi connectivity index (χ2v) is 4.92. The Morgan fingerprint density at radius 3 is 3.10 bits per heavy atom. The van der Waals surface area contributed by atoms with Crippen LogP contribution in [0.25, 0.3) is 0 Å². The van der Waals surface area contributed by atoms with Crippen molar-refractivity contribution in [1.82, 2.24) is 4.98 Å². The zero-order valence-electron chi connectivity index (χ0n) is 11.2. The average molecular weight is 267 g/mol. The fourth-order valence-corrected chi connectivity index (χ4v) is 2.38. The lowest BCUT2D eigenvalue weighted by atomic mass is 10.1. The van der Waals surface area contributed by atoms with Crippen molar-refractivity contribution in [1.29, 1.82) is 0 Å². The second kappa shape index (κ2) is 5.74. The van der Waals surface area contributed by atoms with E-state index >= 15 is 0 Å². The van der Waals surface area contributed by atoms with Crippen molar-refractivity contribution in [3.05, 3.63) is 53.9 Å². The maximum atomic E-state index is 11.9. The molecule has 0 radical (unpaired) electrons. The molecule has 1 aromatic carbocycles. The van der Waals surface area contributed by atoms with Gasteiger partial charge in [0.05, 0.1) is 0 Å². The molecule has 20 heavy (non-hydrogen) atoms. The normalized spacial score (nSPS) is 12.6. The van der Waals surface area contributed by atoms with Crippen LogP contribution in [0.4, 0.5) is 11.4 Å². The highest BCUT2D eigenvalue weighted by Gasteiger charge is 2.11. The molecular weight excluding hydrogens is 250 g/mol. The SMILES string of the molecule is O=C(CCc1ccccn1)Nc1ccc2c(c1)NCC2. The molecule has 4 heteroatoms. The molecule has 1 amide bonds. The molecule has 0 atom stereocenters. The van der Waals surface area contributed by atoms with Crippen LogP contribution in [0.15, 0.2) is 42.6 Å². The molecule has 0 bridgehead atoms. The molecule has 0 unspecified atom stereocenters. The topological polar surface area (TPSA) is 54.0 Å². The molecule has 3 rings (SSSR count). The molecule has 0 fully saturated rings. The molecule has 4 nitrogen and oxygen atoms in total. The van der Waals surface area contributed by atoms with Crippen LogP contribution in [0.2, 0.25) is 0 Å². The highest BCUT2D eigenvalue weighted by molar-refractivity contribution is 5.91. The van der Waals surface area contributed by atoms with Gasteiger partial charge in [-0.3, -0.25) is 9.78 Å². The Balaban J connectivity index is 1.56. The van der Waals surface area contributed by atoms with E-state index < -0.39 is 0 Å². The van der Waals surface area contributed by atoms with Gasteiger partial charge >= 0.3 is 0 Å². The van der Waals surface area contributed by atoms with Crippen molar-refractivity contribution >= 4 is 17.3 Å². The summed E-state index contributed by atoms with van der Waals surface area (Å²) >= 11 is 0. The van der Waals surface area contributed by atoms with E-state index in [1.807, 2.05) is 30.3 Å². The third-order valence-electron chi connectivity index (χ3n) is 3.44. The minimum atomic E-state index is 0.0219. The number of amides is 1. The summed E-state index contributed by atoms with van der Waals surface area (Å²) in [6.07, 6.45) is 3.92. The lowest BCUT2D eigenvalue weighted by molar-refractivity contribution is -0.116. The van der Waals surface area contributed by atoms with Gasteiger partial charge in [0, 0.05) is 36.2 Å². The van der Waals surface area contributed by atoms with E-state index in [1.165, 1.54) is 5.56 Å². The molecule has 0 saturated carbocycles. The lowest BCUT2D eigenvalue weighted by Crippen LogP contribution is -2.12. The number of nitrogens with zero attached hydrogens (tertiary/aromatic N) is 1. The quantitative estimate of drug-likeness (QED) is 0.895. The Hall–Kier alpha value is -2.36. The van der Waals surface area contributed by atoms with Crippen LogP contribution >= 0.6 is 0 Å². The number of carbonyl (C=O) groups excluding carboxylic acids is 1. The van der Waals surface area contributed by atoms with Crippen molar-refractivity contribution in [3.8, 4) is 0 Å². The number of carbonyl (C=O) groups is 1. The summed E-state index contributed by atoms with van der Waals surface area (Å²) in [4.78, 5) is 16.1. The predicted molar refractivity (Wildman–Crippen MR) is 79.8 cm³/mol. The summed E-state index contributed by atoms with van der Waals surface area (Å²) in [5.41, 5.74) is 4.24. The number of hydrogen-bond donors (Lipinski definition) is 2. The Morgan fingerprint density at radius 1 is 1.30 bits per heavy atom. The molecule has 1 aromatic heterocycles. The Labute approximate surface area is 118 Å². The van der Waals surface area contributed by atoms with Crippen LogP contribution in [0, 0.1) is 0 Å². The number of fused-ring (bicyclic) bond motifs is 1. The maximum Gasteiger partial charge on any atom is 0.224 e. The molecule has 1 aliphatic heterocycles. The number of aryl methyl sites for hydroxylation is 1. The van der Waals surface area contributed by atoms with E-state index in [9.17, 15) is 4.79 Å². The monoisotopic (exact) mass is 267 g/mol. The Kier molecular flexibility index (Phi) is 3.63. The van der Waals surface area contributed by atoms with Gasteiger partial charge in [-0.25, -0.2) is 0 Å². The van der Waals surface area contributed by atoms with Gasteiger partial charge in [-0.2, -0.15) is 0 Å². The van der Waals surface area contributed by atoms with E-state index in [2.05, 4.69) is 21.7 Å². The van der Waals surface area contributed by atoms with Crippen LogP contribution in [-0.4, -0.2) is 17.4 Å². The van der Waals surface area contributed by atoms with Gasteiger partial charge in [-0.1, -0.05) is 12.1 Å². The molecule has 1 aliphatic rings. The fraction of sp³-hybridized carbons (Fsp3) is 0.250. The Morgan fingerprint density at radius 2 is 2.25 bits per heavy atom. The van der Waals surface area contributed by atoms with E-state index in [4.69, 9.17) is 0 Å². The molecule has 2 N–H and O–H groups in total. The van der Waals surface area contributed by atoms with E-state index in [0.29, 0.717) is 12.8 Å². The van der Waals surface area contributed by atoms with E-state index in [1.54, 1.807) is 6.20 Å². The van der Waals surface area contributed by atoms with Crippen LogP contribution in [-0.2, 0) is 17.6 Å². The van der Waals surface area contributed by atoms with Gasteiger partial charge in [0.15, 0.2) is 0 Å². The van der Waals surface area contributed by atoms with Crippen LogP contribution in [0.1, 0.15) is 17.7 Å². The third-order valence-corrected chi connectivity index (χ3v) is 3.44. The smallest absolute Gasteiger partial charge is 0.224 e. The maximum absolute atomic E-state index is 11.9. The molecule has 0 saturated heterocycles. The minimum absolute atomic E-state index is 0.0219. The number of hydrogen-bond acceptors (Lipinski definition) is 3. The van der Waals surface area contributed by atoms with Crippen LogP contribution in [0.5, 0.6) is 0 Å². The van der Waals surface area contributed by atoms with Crippen molar-refractivity contribution in [3.63, 3.8) is 0 Å². The number of anilines is 2. The van der Waals surface area contributed by atoms with Crippen molar-refractivity contribution in [2.24, 2.45) is 0 Å². The summed E-state index contributed by atoms with van der Waals surface area (Å²) in [6.45, 7) is 0.979. The molecule has 0 aliphatic carbocycles. The Bertz CT molecular complexity index is 610. The van der Waals surface area contributed by atoms with Crippen molar-refractivity contribution in [2.75, 3.05) is 17.2 Å². The number of aromatic nitrogens is 1. The van der Waals surface area contributed by atoms with Gasteiger partial charge in [0.1, 0.15) is 0 Å². The lowest BCUT2D eigenvalue weighted by Gasteiger charge is -2.07. The standard InChI is InChI=1S/C16H17N3O/c20-16(7-6-13-3-1-2-9-17-13)19-14-5-4-12-8-10-18-15(12)11-14/h1-5,9,11,18H,6-8,10H2,(H,19,20). The molecule has 2 aromatic rings. The average Bonchev–Trinajstić information content (AvgIpc) is 2.94. The first-order valence-corrected chi connectivity index (χ1v) is 6.88. The van der Waals surface area contributed by atoms with Gasteiger partial charge in [-0.05, 0) is 42.7 Å². The number of pyridine rings is 1. The number of rotatable bonds is 4. The summed E-state index contributed by atoms with van der Waals surface area (Å²) < 4.78 is 0. The molecular formula is C16H17N3O. The number of benzene rings is 1. The zero-order chi connectivity index (χ0) is 13.8. The van der Waals surface area contributed by atoms with Gasteiger partial charge < -0.3 is 10.6 Å². The number of nitrogens with one attached hydrogen (secondary N) is 2. The third kappa shape index (κ3) is 2.96. The summed E-state index contributed by atoms with van der Waals surface area (Å²) in [6, 6.07) is 11.8. The zero-order valence-corrected chi connectivity index (χ0v) is 11.2. The van der Waals surface area contributed by atoms with Gasteiger partial charge in [0.25, 0.3) is 0 Å². The fourth-order valence-electron chi connectivity index (χ4n) is 2.38. The molecule has 102 valence electrons. The molecule has 0 spiro atoms. The predicted octanol–water partition coefficient (Wildman–Crippen LogP) is 2.62. The highest BCUT2D eigenvalue weighted by Crippen LogP contribution is 2.25. The van der Waals surface area contributed by atoms with E-state index in [0.717, 1.165) is 30.0 Å². The first-order valence-electron chi connectivity index (χ1n) is 6.88. The van der Waals surface area contributed by atoms with Crippen LogP contribution in [0.3, 0.4) is 0 Å². The van der Waals surface area contributed by atoms with Gasteiger partial charge in [-0.15, -0.1) is 0 Å². The first-order chi connectivity index (χ1) is 9.81.